The fourth-order valence-electron chi connectivity index (χ4n) is 2.91. The van der Waals surface area contributed by atoms with Crippen LogP contribution >= 0.6 is 0 Å². The fraction of sp³-hybridized carbons (Fsp3) is 1.00. The first-order valence-corrected chi connectivity index (χ1v) is 6.36. The van der Waals surface area contributed by atoms with Crippen LogP contribution in [-0.4, -0.2) is 37.1 Å². The number of likely N-dealkylation sites (tertiary alicyclic amines) is 1. The van der Waals surface area contributed by atoms with E-state index in [9.17, 15) is 0 Å². The number of piperidine rings is 2. The summed E-state index contributed by atoms with van der Waals surface area (Å²) in [4.78, 5) is 2.68. The Balaban J connectivity index is 1.77. The SMILES string of the molecule is CCCCN1CCC2NCCCC2C1. The van der Waals surface area contributed by atoms with Crippen LogP contribution in [0.3, 0.4) is 0 Å². The van der Waals surface area contributed by atoms with Gasteiger partial charge in [0.25, 0.3) is 0 Å². The van der Waals surface area contributed by atoms with Gasteiger partial charge in [-0.25, -0.2) is 0 Å². The van der Waals surface area contributed by atoms with Gasteiger partial charge in [0.05, 0.1) is 0 Å². The molecule has 2 unspecified atom stereocenters. The zero-order valence-electron chi connectivity index (χ0n) is 9.47. The van der Waals surface area contributed by atoms with E-state index >= 15 is 0 Å². The third kappa shape index (κ3) is 2.48. The number of hydrogen-bond donors (Lipinski definition) is 1. The predicted molar refractivity (Wildman–Crippen MR) is 60.5 cm³/mol. The van der Waals surface area contributed by atoms with E-state index in [2.05, 4.69) is 17.1 Å². The third-order valence-corrected chi connectivity index (χ3v) is 3.80. The van der Waals surface area contributed by atoms with Gasteiger partial charge >= 0.3 is 0 Å². The summed E-state index contributed by atoms with van der Waals surface area (Å²) >= 11 is 0. The Morgan fingerprint density at radius 3 is 3.14 bits per heavy atom. The van der Waals surface area contributed by atoms with Gasteiger partial charge in [-0.15, -0.1) is 0 Å². The summed E-state index contributed by atoms with van der Waals surface area (Å²) < 4.78 is 0. The van der Waals surface area contributed by atoms with Crippen LogP contribution in [0.25, 0.3) is 0 Å². The highest BCUT2D eigenvalue weighted by Gasteiger charge is 2.30. The van der Waals surface area contributed by atoms with Crippen molar-refractivity contribution in [3.05, 3.63) is 0 Å². The molecule has 0 aromatic heterocycles. The Kier molecular flexibility index (Phi) is 3.82. The molecule has 2 saturated heterocycles. The largest absolute Gasteiger partial charge is 0.314 e. The van der Waals surface area contributed by atoms with Crippen LogP contribution in [0.4, 0.5) is 0 Å². The average molecular weight is 196 g/mol. The Morgan fingerprint density at radius 1 is 1.36 bits per heavy atom. The first kappa shape index (κ1) is 10.4. The lowest BCUT2D eigenvalue weighted by Crippen LogP contribution is -2.52. The van der Waals surface area contributed by atoms with E-state index in [1.165, 1.54) is 58.3 Å². The molecule has 0 aliphatic carbocycles. The van der Waals surface area contributed by atoms with Gasteiger partial charge in [0.2, 0.25) is 0 Å². The monoisotopic (exact) mass is 196 g/mol. The molecule has 2 atom stereocenters. The third-order valence-electron chi connectivity index (χ3n) is 3.80. The number of hydrogen-bond acceptors (Lipinski definition) is 2. The number of fused-ring (bicyclic) bond motifs is 1. The van der Waals surface area contributed by atoms with E-state index in [4.69, 9.17) is 0 Å². The molecule has 2 aliphatic rings. The molecule has 0 aromatic carbocycles. The molecule has 1 N–H and O–H groups in total. The molecule has 2 fully saturated rings. The van der Waals surface area contributed by atoms with Gasteiger partial charge in [0.15, 0.2) is 0 Å². The Morgan fingerprint density at radius 2 is 2.29 bits per heavy atom. The second-order valence-corrected chi connectivity index (χ2v) is 4.91. The summed E-state index contributed by atoms with van der Waals surface area (Å²) in [7, 11) is 0. The van der Waals surface area contributed by atoms with Crippen molar-refractivity contribution in [2.75, 3.05) is 26.2 Å². The number of unbranched alkanes of at least 4 members (excludes halogenated alkanes) is 1. The van der Waals surface area contributed by atoms with Crippen molar-refractivity contribution in [2.24, 2.45) is 5.92 Å². The van der Waals surface area contributed by atoms with E-state index in [1.807, 2.05) is 0 Å². The van der Waals surface area contributed by atoms with E-state index < -0.39 is 0 Å². The van der Waals surface area contributed by atoms with E-state index in [0.717, 1.165) is 12.0 Å². The van der Waals surface area contributed by atoms with E-state index in [1.54, 1.807) is 0 Å². The van der Waals surface area contributed by atoms with Gasteiger partial charge in [-0.3, -0.25) is 0 Å². The lowest BCUT2D eigenvalue weighted by atomic mass is 9.85. The zero-order valence-corrected chi connectivity index (χ0v) is 9.47. The number of rotatable bonds is 3. The highest BCUT2D eigenvalue weighted by Crippen LogP contribution is 2.24. The summed E-state index contributed by atoms with van der Waals surface area (Å²) in [5, 5.41) is 3.67. The molecular formula is C12H24N2. The van der Waals surface area contributed by atoms with E-state index in [-0.39, 0.29) is 0 Å². The highest BCUT2D eigenvalue weighted by molar-refractivity contribution is 4.87. The van der Waals surface area contributed by atoms with Gasteiger partial charge in [0.1, 0.15) is 0 Å². The normalized spacial score (nSPS) is 34.1. The first-order chi connectivity index (χ1) is 6.90. The maximum Gasteiger partial charge on any atom is 0.0120 e. The number of nitrogens with zero attached hydrogens (tertiary/aromatic N) is 1. The summed E-state index contributed by atoms with van der Waals surface area (Å²) in [5.74, 6) is 0.953. The van der Waals surface area contributed by atoms with Gasteiger partial charge in [-0.05, 0) is 51.2 Å². The zero-order chi connectivity index (χ0) is 9.80. The van der Waals surface area contributed by atoms with Crippen molar-refractivity contribution in [2.45, 2.75) is 45.1 Å². The summed E-state index contributed by atoms with van der Waals surface area (Å²) in [6.07, 6.45) is 6.95. The molecule has 0 amide bonds. The van der Waals surface area contributed by atoms with Crippen LogP contribution in [0.2, 0.25) is 0 Å². The fourth-order valence-corrected chi connectivity index (χ4v) is 2.91. The van der Waals surface area contributed by atoms with Crippen LogP contribution in [0.1, 0.15) is 39.0 Å². The summed E-state index contributed by atoms with van der Waals surface area (Å²) in [6, 6.07) is 0.849. The minimum absolute atomic E-state index is 0.849. The van der Waals surface area contributed by atoms with Crippen LogP contribution < -0.4 is 5.32 Å². The maximum absolute atomic E-state index is 3.67. The second-order valence-electron chi connectivity index (χ2n) is 4.91. The second kappa shape index (κ2) is 5.13. The molecule has 2 heterocycles. The Hall–Kier alpha value is -0.0800. The van der Waals surface area contributed by atoms with Crippen molar-refractivity contribution in [3.8, 4) is 0 Å². The smallest absolute Gasteiger partial charge is 0.0120 e. The minimum atomic E-state index is 0.849. The van der Waals surface area contributed by atoms with Crippen LogP contribution in [0.5, 0.6) is 0 Å². The first-order valence-electron chi connectivity index (χ1n) is 6.36. The van der Waals surface area contributed by atoms with Crippen molar-refractivity contribution >= 4 is 0 Å². The Labute approximate surface area is 88.1 Å². The van der Waals surface area contributed by atoms with Crippen molar-refractivity contribution in [1.82, 2.24) is 10.2 Å². The molecule has 2 heteroatoms. The van der Waals surface area contributed by atoms with Gasteiger partial charge < -0.3 is 10.2 Å². The summed E-state index contributed by atoms with van der Waals surface area (Å²) in [6.45, 7) is 7.57. The highest BCUT2D eigenvalue weighted by atomic mass is 15.1. The molecule has 14 heavy (non-hydrogen) atoms. The van der Waals surface area contributed by atoms with Crippen molar-refractivity contribution < 1.29 is 0 Å². The summed E-state index contributed by atoms with van der Waals surface area (Å²) in [5.41, 5.74) is 0. The Bertz CT molecular complexity index is 170. The quantitative estimate of drug-likeness (QED) is 0.741. The number of nitrogens with one attached hydrogen (secondary N) is 1. The molecule has 0 aromatic rings. The maximum atomic E-state index is 3.67. The molecule has 0 saturated carbocycles. The van der Waals surface area contributed by atoms with Crippen LogP contribution in [-0.2, 0) is 0 Å². The van der Waals surface area contributed by atoms with Gasteiger partial charge in [-0.1, -0.05) is 13.3 Å². The molecular weight excluding hydrogens is 172 g/mol. The van der Waals surface area contributed by atoms with Crippen molar-refractivity contribution in [3.63, 3.8) is 0 Å². The minimum Gasteiger partial charge on any atom is -0.314 e. The van der Waals surface area contributed by atoms with E-state index in [0.29, 0.717) is 0 Å². The standard InChI is InChI=1S/C12H24N2/c1-2-3-8-14-9-6-12-11(10-14)5-4-7-13-12/h11-13H,2-10H2,1H3. The molecule has 0 spiro atoms. The molecule has 0 radical (unpaired) electrons. The predicted octanol–water partition coefficient (Wildman–Crippen LogP) is 1.86. The molecule has 82 valence electrons. The average Bonchev–Trinajstić information content (AvgIpc) is 2.26. The van der Waals surface area contributed by atoms with Gasteiger partial charge in [0, 0.05) is 12.6 Å². The lowest BCUT2D eigenvalue weighted by Gasteiger charge is -2.41. The molecule has 2 nitrogen and oxygen atoms in total. The molecule has 2 aliphatic heterocycles. The van der Waals surface area contributed by atoms with Crippen molar-refractivity contribution in [1.29, 1.82) is 0 Å². The lowest BCUT2D eigenvalue weighted by molar-refractivity contribution is 0.113. The van der Waals surface area contributed by atoms with Gasteiger partial charge in [-0.2, -0.15) is 0 Å². The topological polar surface area (TPSA) is 15.3 Å². The molecule has 2 rings (SSSR count). The molecule has 0 bridgehead atoms. The van der Waals surface area contributed by atoms with Crippen LogP contribution in [0.15, 0.2) is 0 Å². The van der Waals surface area contributed by atoms with Crippen LogP contribution in [0, 0.1) is 5.92 Å².